The summed E-state index contributed by atoms with van der Waals surface area (Å²) in [5.74, 6) is 0.496. The second kappa shape index (κ2) is 8.39. The van der Waals surface area contributed by atoms with Gasteiger partial charge in [-0.15, -0.1) is 0 Å². The number of ether oxygens (including phenoxy) is 1. The molecule has 1 amide bonds. The van der Waals surface area contributed by atoms with Crippen molar-refractivity contribution in [2.75, 3.05) is 25.5 Å². The number of piperidine rings is 1. The van der Waals surface area contributed by atoms with Crippen molar-refractivity contribution < 1.29 is 22.7 Å². The Morgan fingerprint density at radius 2 is 2.16 bits per heavy atom. The number of nitrogens with one attached hydrogen (secondary N) is 1. The highest BCUT2D eigenvalue weighted by Crippen LogP contribution is 2.41. The van der Waals surface area contributed by atoms with Crippen molar-refractivity contribution in [1.29, 1.82) is 0 Å². The molecule has 31 heavy (non-hydrogen) atoms. The number of nitrogens with zero attached hydrogens (tertiary/aromatic N) is 4. The number of amides is 1. The van der Waals surface area contributed by atoms with Gasteiger partial charge >= 0.3 is 6.18 Å². The lowest BCUT2D eigenvalue weighted by molar-refractivity contribution is -0.173. The molecular weight excluding hydrogens is 411 g/mol. The van der Waals surface area contributed by atoms with Crippen molar-refractivity contribution in [2.24, 2.45) is 0 Å². The maximum absolute atomic E-state index is 13.6. The average molecular weight is 437 g/mol. The van der Waals surface area contributed by atoms with Crippen molar-refractivity contribution in [3.05, 3.63) is 35.7 Å². The third-order valence-electron chi connectivity index (χ3n) is 6.10. The van der Waals surface area contributed by atoms with E-state index in [0.29, 0.717) is 42.5 Å². The Bertz CT molecular complexity index is 945. The van der Waals surface area contributed by atoms with Gasteiger partial charge in [-0.2, -0.15) is 18.3 Å². The number of methoxy groups -OCH3 is 1. The van der Waals surface area contributed by atoms with Gasteiger partial charge in [0.25, 0.3) is 5.91 Å². The lowest BCUT2D eigenvalue weighted by atomic mass is 9.94. The van der Waals surface area contributed by atoms with Gasteiger partial charge in [-0.3, -0.25) is 4.79 Å². The molecule has 2 aromatic heterocycles. The van der Waals surface area contributed by atoms with E-state index in [1.807, 2.05) is 6.92 Å². The van der Waals surface area contributed by atoms with Crippen LogP contribution in [0, 0.1) is 0 Å². The Morgan fingerprint density at radius 3 is 2.87 bits per heavy atom. The number of aromatic nitrogens is 3. The lowest BCUT2D eigenvalue weighted by Crippen LogP contribution is -2.39. The molecule has 1 unspecified atom stereocenters. The first-order valence-electron chi connectivity index (χ1n) is 10.5. The molecule has 4 heterocycles. The standard InChI is InChI=1S/C21H26F3N5O2/c1-3-15-10-17(21(22,23)24)29-18(26-15)11-16(27-29)14-5-4-8-28(12-14)20(30)13-6-7-25-19(9-13)31-2/h6-7,9,11,14-15,17,26H,3-5,8,10,12H2,1-2H3/t14?,15-,17-/m1/s1. The third kappa shape index (κ3) is 4.33. The summed E-state index contributed by atoms with van der Waals surface area (Å²) >= 11 is 0. The summed E-state index contributed by atoms with van der Waals surface area (Å²) in [6.07, 6.45) is -0.740. The molecule has 168 valence electrons. The van der Waals surface area contributed by atoms with Gasteiger partial charge in [-0.05, 0) is 31.7 Å². The van der Waals surface area contributed by atoms with Crippen molar-refractivity contribution in [3.63, 3.8) is 0 Å². The minimum Gasteiger partial charge on any atom is -0.481 e. The van der Waals surface area contributed by atoms with E-state index in [1.165, 1.54) is 13.3 Å². The monoisotopic (exact) mass is 437 g/mol. The number of fused-ring (bicyclic) bond motifs is 1. The zero-order chi connectivity index (χ0) is 22.2. The van der Waals surface area contributed by atoms with E-state index in [2.05, 4.69) is 15.4 Å². The van der Waals surface area contributed by atoms with Crippen LogP contribution in [0.25, 0.3) is 0 Å². The minimum absolute atomic E-state index is 0.0345. The molecule has 10 heteroatoms. The Labute approximate surface area is 178 Å². The Morgan fingerprint density at radius 1 is 1.35 bits per heavy atom. The van der Waals surface area contributed by atoms with Gasteiger partial charge in [0.05, 0.1) is 12.8 Å². The lowest BCUT2D eigenvalue weighted by Gasteiger charge is -2.33. The molecule has 1 N–H and O–H groups in total. The van der Waals surface area contributed by atoms with Crippen LogP contribution in [-0.4, -0.2) is 58.0 Å². The van der Waals surface area contributed by atoms with Crippen LogP contribution in [0.2, 0.25) is 0 Å². The van der Waals surface area contributed by atoms with E-state index in [9.17, 15) is 18.0 Å². The first-order valence-corrected chi connectivity index (χ1v) is 10.5. The summed E-state index contributed by atoms with van der Waals surface area (Å²) in [6.45, 7) is 2.87. The summed E-state index contributed by atoms with van der Waals surface area (Å²) in [5.41, 5.74) is 1.07. The number of alkyl halides is 3. The van der Waals surface area contributed by atoms with Gasteiger partial charge in [0.1, 0.15) is 5.82 Å². The van der Waals surface area contributed by atoms with Crippen LogP contribution in [-0.2, 0) is 0 Å². The molecule has 1 fully saturated rings. The molecule has 0 aliphatic carbocycles. The molecule has 0 spiro atoms. The van der Waals surface area contributed by atoms with Crippen LogP contribution in [0.4, 0.5) is 19.0 Å². The van der Waals surface area contributed by atoms with Crippen LogP contribution in [0.5, 0.6) is 5.88 Å². The summed E-state index contributed by atoms with van der Waals surface area (Å²) in [5, 5.41) is 7.53. The third-order valence-corrected chi connectivity index (χ3v) is 6.10. The van der Waals surface area contributed by atoms with E-state index in [0.717, 1.165) is 17.5 Å². The minimum atomic E-state index is -4.36. The van der Waals surface area contributed by atoms with E-state index in [1.54, 1.807) is 23.1 Å². The first-order chi connectivity index (χ1) is 14.8. The number of carbonyl (C=O) groups is 1. The van der Waals surface area contributed by atoms with Gasteiger partial charge in [-0.1, -0.05) is 6.92 Å². The highest BCUT2D eigenvalue weighted by atomic mass is 19.4. The largest absolute Gasteiger partial charge is 0.481 e. The van der Waals surface area contributed by atoms with Crippen LogP contribution in [0.1, 0.15) is 60.6 Å². The van der Waals surface area contributed by atoms with Crippen LogP contribution >= 0.6 is 0 Å². The number of likely N-dealkylation sites (tertiary alicyclic amines) is 1. The molecular formula is C21H26F3N5O2. The Hall–Kier alpha value is -2.78. The zero-order valence-corrected chi connectivity index (χ0v) is 17.5. The average Bonchev–Trinajstić information content (AvgIpc) is 3.21. The van der Waals surface area contributed by atoms with Crippen LogP contribution in [0.15, 0.2) is 24.4 Å². The highest BCUT2D eigenvalue weighted by molar-refractivity contribution is 5.94. The maximum Gasteiger partial charge on any atom is 0.410 e. The van der Waals surface area contributed by atoms with Gasteiger partial charge in [0.2, 0.25) is 5.88 Å². The number of anilines is 1. The zero-order valence-electron chi connectivity index (χ0n) is 17.5. The predicted octanol–water partition coefficient (Wildman–Crippen LogP) is 4.00. The molecule has 0 aromatic carbocycles. The fourth-order valence-corrected chi connectivity index (χ4v) is 4.38. The molecule has 4 rings (SSSR count). The van der Waals surface area contributed by atoms with Crippen molar-refractivity contribution >= 4 is 11.7 Å². The summed E-state index contributed by atoms with van der Waals surface area (Å²) < 4.78 is 47.1. The van der Waals surface area contributed by atoms with E-state index in [4.69, 9.17) is 4.74 Å². The quantitative estimate of drug-likeness (QED) is 0.783. The van der Waals surface area contributed by atoms with Gasteiger partial charge in [0.15, 0.2) is 6.04 Å². The van der Waals surface area contributed by atoms with Crippen molar-refractivity contribution in [1.82, 2.24) is 19.7 Å². The van der Waals surface area contributed by atoms with Gasteiger partial charge in [-0.25, -0.2) is 9.67 Å². The van der Waals surface area contributed by atoms with Crippen molar-refractivity contribution in [3.8, 4) is 5.88 Å². The highest BCUT2D eigenvalue weighted by Gasteiger charge is 2.46. The maximum atomic E-state index is 13.6. The normalized spacial score (nSPS) is 23.8. The first kappa shape index (κ1) is 21.5. The van der Waals surface area contributed by atoms with E-state index in [-0.39, 0.29) is 24.3 Å². The van der Waals surface area contributed by atoms with E-state index < -0.39 is 12.2 Å². The molecule has 1 saturated heterocycles. The fraction of sp³-hybridized carbons (Fsp3) is 0.571. The molecule has 3 atom stereocenters. The van der Waals surface area contributed by atoms with Crippen molar-refractivity contribution in [2.45, 2.75) is 56.8 Å². The summed E-state index contributed by atoms with van der Waals surface area (Å²) in [7, 11) is 1.49. The second-order valence-electron chi connectivity index (χ2n) is 8.12. The summed E-state index contributed by atoms with van der Waals surface area (Å²) in [4.78, 5) is 18.7. The molecule has 7 nitrogen and oxygen atoms in total. The fourth-order valence-electron chi connectivity index (χ4n) is 4.38. The summed E-state index contributed by atoms with van der Waals surface area (Å²) in [6, 6.07) is 3.06. The second-order valence-corrected chi connectivity index (χ2v) is 8.12. The molecule has 2 aromatic rings. The number of pyridine rings is 1. The number of carbonyl (C=O) groups excluding carboxylic acids is 1. The topological polar surface area (TPSA) is 72.3 Å². The number of hydrogen-bond donors (Lipinski definition) is 1. The molecule has 2 aliphatic heterocycles. The van der Waals surface area contributed by atoms with E-state index >= 15 is 0 Å². The van der Waals surface area contributed by atoms with Gasteiger partial charge < -0.3 is 15.0 Å². The Kier molecular flexibility index (Phi) is 5.81. The molecule has 0 bridgehead atoms. The molecule has 0 saturated carbocycles. The number of halogens is 3. The molecule has 2 aliphatic rings. The smallest absolute Gasteiger partial charge is 0.410 e. The Balaban J connectivity index is 1.55. The van der Waals surface area contributed by atoms with Gasteiger partial charge in [0, 0.05) is 48.9 Å². The number of hydrogen-bond acceptors (Lipinski definition) is 5. The van der Waals surface area contributed by atoms with Crippen LogP contribution in [0.3, 0.4) is 0 Å². The predicted molar refractivity (Wildman–Crippen MR) is 108 cm³/mol. The number of rotatable bonds is 4. The SMILES string of the molecule is CC[C@@H]1C[C@H](C(F)(F)F)n2nc(C3CCCN(C(=O)c4ccnc(OC)c4)C3)cc2N1. The van der Waals surface area contributed by atoms with Crippen LogP contribution < -0.4 is 10.1 Å². The molecule has 0 radical (unpaired) electrons.